The van der Waals surface area contributed by atoms with Crippen molar-refractivity contribution < 1.29 is 14.7 Å². The zero-order valence-electron chi connectivity index (χ0n) is 5.20. The Morgan fingerprint density at radius 3 is 2.67 bits per heavy atom. The largest absolute Gasteiger partial charge is 0.463 e. The molecule has 0 aliphatic rings. The zero-order chi connectivity index (χ0) is 7.28. The summed E-state index contributed by atoms with van der Waals surface area (Å²) in [6, 6.07) is 0. The third-order valence-corrected chi connectivity index (χ3v) is 0.623. The van der Waals surface area contributed by atoms with Crippen molar-refractivity contribution in [3.63, 3.8) is 0 Å². The number of hydrogen-bond acceptors (Lipinski definition) is 2. The molecule has 0 atom stereocenters. The number of hydrogen-bond donors (Lipinski definition) is 1. The topological polar surface area (TPSA) is 49.8 Å². The van der Waals surface area contributed by atoms with E-state index in [2.05, 4.69) is 11.4 Å². The second kappa shape index (κ2) is 3.91. The lowest BCUT2D eigenvalue weighted by Crippen LogP contribution is -2.23. The van der Waals surface area contributed by atoms with Crippen LogP contribution in [0.1, 0.15) is 6.92 Å². The predicted molar refractivity (Wildman–Crippen MR) is 31.7 cm³/mol. The van der Waals surface area contributed by atoms with Gasteiger partial charge in [-0.3, -0.25) is 4.84 Å². The number of amides is 1. The molecule has 4 nitrogen and oxygen atoms in total. The molecular weight excluding hydrogens is 122 g/mol. The van der Waals surface area contributed by atoms with Gasteiger partial charge in [0.15, 0.2) is 0 Å². The van der Waals surface area contributed by atoms with Gasteiger partial charge in [-0.2, -0.15) is 5.06 Å². The van der Waals surface area contributed by atoms with Gasteiger partial charge >= 0.3 is 6.09 Å². The van der Waals surface area contributed by atoms with E-state index in [-0.39, 0.29) is 0 Å². The molecule has 0 unspecified atom stereocenters. The Kier molecular flexibility index (Phi) is 3.46. The van der Waals surface area contributed by atoms with E-state index in [9.17, 15) is 4.79 Å². The molecule has 0 saturated heterocycles. The molecule has 1 amide bonds. The molecule has 0 aliphatic carbocycles. The maximum absolute atomic E-state index is 10.1. The van der Waals surface area contributed by atoms with Crippen molar-refractivity contribution in [1.82, 2.24) is 5.06 Å². The molecule has 52 valence electrons. The summed E-state index contributed by atoms with van der Waals surface area (Å²) in [5, 5.41) is 8.89. The Balaban J connectivity index is 3.68. The average Bonchev–Trinajstić information content (AvgIpc) is 1.82. The quantitative estimate of drug-likeness (QED) is 0.582. The number of carboxylic acid groups (broad SMARTS) is 1. The summed E-state index contributed by atoms with van der Waals surface area (Å²) in [5.74, 6) is 0. The molecule has 0 saturated carbocycles. The molecule has 0 heterocycles. The first-order chi connectivity index (χ1) is 4.22. The van der Waals surface area contributed by atoms with E-state index < -0.39 is 6.09 Å². The second-order valence-corrected chi connectivity index (χ2v) is 1.21. The van der Waals surface area contributed by atoms with E-state index in [1.54, 1.807) is 6.92 Å². The fourth-order valence-electron chi connectivity index (χ4n) is 0.325. The minimum atomic E-state index is -1.16. The van der Waals surface area contributed by atoms with Crippen LogP contribution in [0.5, 0.6) is 0 Å². The minimum absolute atomic E-state index is 0.318. The highest BCUT2D eigenvalue weighted by atomic mass is 16.7. The fourth-order valence-corrected chi connectivity index (χ4v) is 0.325. The van der Waals surface area contributed by atoms with E-state index in [1.165, 1.54) is 0 Å². The van der Waals surface area contributed by atoms with Crippen LogP contribution >= 0.6 is 0 Å². The van der Waals surface area contributed by atoms with Crippen molar-refractivity contribution in [3.05, 3.63) is 12.8 Å². The Morgan fingerprint density at radius 1 is 2.00 bits per heavy atom. The van der Waals surface area contributed by atoms with E-state index in [1.807, 2.05) is 0 Å². The molecule has 0 spiro atoms. The number of rotatable bonds is 3. The maximum atomic E-state index is 10.1. The first-order valence-corrected chi connectivity index (χ1v) is 2.50. The van der Waals surface area contributed by atoms with Crippen LogP contribution in [-0.4, -0.2) is 22.9 Å². The highest BCUT2D eigenvalue weighted by Gasteiger charge is 2.04. The van der Waals surface area contributed by atoms with Crippen molar-refractivity contribution >= 4 is 6.09 Å². The Labute approximate surface area is 53.3 Å². The third kappa shape index (κ3) is 2.71. The van der Waals surface area contributed by atoms with E-state index >= 15 is 0 Å². The lowest BCUT2D eigenvalue weighted by Gasteiger charge is -2.10. The Hall–Kier alpha value is -1.03. The monoisotopic (exact) mass is 131 g/mol. The summed E-state index contributed by atoms with van der Waals surface area (Å²) in [6.45, 7) is 5.23. The Bertz CT molecular complexity index is 113. The van der Waals surface area contributed by atoms with Crippen molar-refractivity contribution in [1.29, 1.82) is 0 Å². The molecule has 0 aromatic carbocycles. The summed E-state index contributed by atoms with van der Waals surface area (Å²) < 4.78 is 0. The predicted octanol–water partition coefficient (Wildman–Crippen LogP) is 1.06. The van der Waals surface area contributed by atoms with Crippen molar-refractivity contribution in [3.8, 4) is 0 Å². The zero-order valence-corrected chi connectivity index (χ0v) is 5.20. The highest BCUT2D eigenvalue weighted by Crippen LogP contribution is 1.89. The molecular formula is C5H9NO3. The summed E-state index contributed by atoms with van der Waals surface area (Å²) in [4.78, 5) is 14.6. The Morgan fingerprint density at radius 2 is 2.56 bits per heavy atom. The summed E-state index contributed by atoms with van der Waals surface area (Å²) in [5.41, 5.74) is 0. The maximum Gasteiger partial charge on any atom is 0.435 e. The van der Waals surface area contributed by atoms with Crippen LogP contribution in [0.4, 0.5) is 4.79 Å². The van der Waals surface area contributed by atoms with Crippen LogP contribution in [0.25, 0.3) is 0 Å². The van der Waals surface area contributed by atoms with Gasteiger partial charge in [0.1, 0.15) is 0 Å². The molecule has 0 bridgehead atoms. The van der Waals surface area contributed by atoms with Crippen LogP contribution in [0.3, 0.4) is 0 Å². The highest BCUT2D eigenvalue weighted by molar-refractivity contribution is 5.64. The second-order valence-electron chi connectivity index (χ2n) is 1.21. The van der Waals surface area contributed by atoms with Gasteiger partial charge in [0.25, 0.3) is 0 Å². The van der Waals surface area contributed by atoms with Crippen molar-refractivity contribution in [2.45, 2.75) is 6.92 Å². The summed E-state index contributed by atoms with van der Waals surface area (Å²) in [7, 11) is 0. The molecule has 4 heteroatoms. The first-order valence-electron chi connectivity index (χ1n) is 2.50. The molecule has 1 N–H and O–H groups in total. The molecule has 0 aromatic heterocycles. The SMILES string of the molecule is C=CN(OCC)C(=O)O. The average molecular weight is 131 g/mol. The molecule has 0 aromatic rings. The van der Waals surface area contributed by atoms with Gasteiger partial charge in [0.2, 0.25) is 0 Å². The molecule has 0 aliphatic heterocycles. The van der Waals surface area contributed by atoms with Crippen LogP contribution in [0.15, 0.2) is 12.8 Å². The summed E-state index contributed by atoms with van der Waals surface area (Å²) in [6.07, 6.45) is -0.0712. The van der Waals surface area contributed by atoms with Gasteiger partial charge in [-0.1, -0.05) is 6.58 Å². The van der Waals surface area contributed by atoms with Crippen LogP contribution in [0.2, 0.25) is 0 Å². The number of carbonyl (C=O) groups is 1. The van der Waals surface area contributed by atoms with E-state index in [0.29, 0.717) is 11.7 Å². The van der Waals surface area contributed by atoms with Crippen LogP contribution in [0, 0.1) is 0 Å². The van der Waals surface area contributed by atoms with Gasteiger partial charge in [0.05, 0.1) is 6.61 Å². The number of nitrogens with zero attached hydrogens (tertiary/aromatic N) is 1. The normalized spacial score (nSPS) is 8.56. The minimum Gasteiger partial charge on any atom is -0.463 e. The van der Waals surface area contributed by atoms with Crippen molar-refractivity contribution in [2.75, 3.05) is 6.61 Å². The van der Waals surface area contributed by atoms with Gasteiger partial charge in [0, 0.05) is 6.20 Å². The smallest absolute Gasteiger partial charge is 0.435 e. The van der Waals surface area contributed by atoms with Gasteiger partial charge in [-0.15, -0.1) is 0 Å². The van der Waals surface area contributed by atoms with Crippen LogP contribution in [-0.2, 0) is 4.84 Å². The first kappa shape index (κ1) is 7.97. The van der Waals surface area contributed by atoms with Crippen LogP contribution < -0.4 is 0 Å². The van der Waals surface area contributed by atoms with Crippen molar-refractivity contribution in [2.24, 2.45) is 0 Å². The molecule has 0 fully saturated rings. The fraction of sp³-hybridized carbons (Fsp3) is 0.400. The molecule has 0 radical (unpaired) electrons. The van der Waals surface area contributed by atoms with Gasteiger partial charge in [-0.25, -0.2) is 4.79 Å². The van der Waals surface area contributed by atoms with Gasteiger partial charge in [-0.05, 0) is 6.92 Å². The third-order valence-electron chi connectivity index (χ3n) is 0.623. The van der Waals surface area contributed by atoms with Gasteiger partial charge < -0.3 is 5.11 Å². The number of hydroxylamine groups is 2. The molecule has 9 heavy (non-hydrogen) atoms. The molecule has 0 rings (SSSR count). The standard InChI is InChI=1S/C5H9NO3/c1-3-6(5(7)8)9-4-2/h3H,1,4H2,2H3,(H,7,8). The lowest BCUT2D eigenvalue weighted by atomic mass is 10.9. The van der Waals surface area contributed by atoms with E-state index in [0.717, 1.165) is 6.20 Å². The lowest BCUT2D eigenvalue weighted by molar-refractivity contribution is -0.0892. The summed E-state index contributed by atoms with van der Waals surface area (Å²) >= 11 is 0. The van der Waals surface area contributed by atoms with E-state index in [4.69, 9.17) is 5.11 Å².